The molecular formula is C8H11NO3S2. The molecule has 0 saturated carbocycles. The number of hydrogen-bond donors (Lipinski definition) is 1. The summed E-state index contributed by atoms with van der Waals surface area (Å²) in [5.41, 5.74) is 0. The van der Waals surface area contributed by atoms with Crippen LogP contribution in [-0.4, -0.2) is 29.5 Å². The van der Waals surface area contributed by atoms with Crippen LogP contribution >= 0.6 is 11.8 Å². The standard InChI is InChI=1S/C8H11NO3S2/c10-14(11,12)7-3-6-13-8-4-1-2-5-9-8/h1-2,4-5H,3,6-7H2,(H,10,11,12). The fourth-order valence-corrected chi connectivity index (χ4v) is 2.35. The average Bonchev–Trinajstić information content (AvgIpc) is 2.13. The Balaban J connectivity index is 2.23. The van der Waals surface area contributed by atoms with E-state index in [2.05, 4.69) is 4.98 Å². The molecule has 0 radical (unpaired) electrons. The third kappa shape index (κ3) is 5.21. The Bertz CT molecular complexity index is 363. The first kappa shape index (κ1) is 11.5. The van der Waals surface area contributed by atoms with Gasteiger partial charge < -0.3 is 0 Å². The van der Waals surface area contributed by atoms with Gasteiger partial charge in [-0.25, -0.2) is 4.98 Å². The first-order valence-electron chi connectivity index (χ1n) is 4.07. The van der Waals surface area contributed by atoms with Crippen molar-refractivity contribution >= 4 is 21.9 Å². The van der Waals surface area contributed by atoms with Crippen molar-refractivity contribution in [3.63, 3.8) is 0 Å². The SMILES string of the molecule is O=S(=O)(O)CCCSc1ccccn1. The fourth-order valence-electron chi connectivity index (χ4n) is 0.851. The lowest BCUT2D eigenvalue weighted by Crippen LogP contribution is -2.04. The summed E-state index contributed by atoms with van der Waals surface area (Å²) >= 11 is 1.47. The van der Waals surface area contributed by atoms with Gasteiger partial charge in [0.25, 0.3) is 10.1 Å². The van der Waals surface area contributed by atoms with Gasteiger partial charge in [0.15, 0.2) is 0 Å². The highest BCUT2D eigenvalue weighted by atomic mass is 32.2. The van der Waals surface area contributed by atoms with Crippen molar-refractivity contribution in [3.05, 3.63) is 24.4 Å². The summed E-state index contributed by atoms with van der Waals surface area (Å²) in [5, 5.41) is 0.864. The molecule has 0 aromatic carbocycles. The van der Waals surface area contributed by atoms with E-state index in [4.69, 9.17) is 4.55 Å². The van der Waals surface area contributed by atoms with Crippen molar-refractivity contribution in [1.29, 1.82) is 0 Å². The van der Waals surface area contributed by atoms with E-state index in [1.54, 1.807) is 6.20 Å². The first-order chi connectivity index (χ1) is 6.58. The lowest BCUT2D eigenvalue weighted by molar-refractivity contribution is 0.482. The molecule has 0 aliphatic carbocycles. The largest absolute Gasteiger partial charge is 0.286 e. The number of aromatic nitrogens is 1. The lowest BCUT2D eigenvalue weighted by Gasteiger charge is -1.98. The maximum atomic E-state index is 10.4. The Labute approximate surface area is 87.5 Å². The van der Waals surface area contributed by atoms with E-state index in [1.165, 1.54) is 11.8 Å². The quantitative estimate of drug-likeness (QED) is 0.473. The molecule has 0 aliphatic rings. The molecule has 0 unspecified atom stereocenters. The summed E-state index contributed by atoms with van der Waals surface area (Å²) in [6.45, 7) is 0. The monoisotopic (exact) mass is 233 g/mol. The van der Waals surface area contributed by atoms with E-state index in [0.717, 1.165) is 5.03 Å². The molecular weight excluding hydrogens is 222 g/mol. The molecule has 0 atom stereocenters. The second kappa shape index (κ2) is 5.33. The van der Waals surface area contributed by atoms with Gasteiger partial charge in [0.1, 0.15) is 0 Å². The zero-order valence-electron chi connectivity index (χ0n) is 7.46. The number of hydrogen-bond acceptors (Lipinski definition) is 4. The minimum absolute atomic E-state index is 0.188. The molecule has 0 amide bonds. The Morgan fingerprint density at radius 3 is 2.79 bits per heavy atom. The third-order valence-corrected chi connectivity index (χ3v) is 3.27. The smallest absolute Gasteiger partial charge is 0.264 e. The van der Waals surface area contributed by atoms with Crippen LogP contribution in [0.15, 0.2) is 29.4 Å². The van der Waals surface area contributed by atoms with Crippen molar-refractivity contribution in [3.8, 4) is 0 Å². The van der Waals surface area contributed by atoms with Crippen LogP contribution in [0.5, 0.6) is 0 Å². The van der Waals surface area contributed by atoms with Crippen LogP contribution in [0.4, 0.5) is 0 Å². The van der Waals surface area contributed by atoms with Gasteiger partial charge in [-0.15, -0.1) is 11.8 Å². The highest BCUT2D eigenvalue weighted by Gasteiger charge is 2.03. The molecule has 1 heterocycles. The van der Waals surface area contributed by atoms with Gasteiger partial charge in [-0.2, -0.15) is 8.42 Å². The van der Waals surface area contributed by atoms with E-state index in [0.29, 0.717) is 12.2 Å². The van der Waals surface area contributed by atoms with E-state index >= 15 is 0 Å². The molecule has 0 aliphatic heterocycles. The topological polar surface area (TPSA) is 67.3 Å². The number of pyridine rings is 1. The molecule has 14 heavy (non-hydrogen) atoms. The van der Waals surface area contributed by atoms with Crippen LogP contribution in [0.3, 0.4) is 0 Å². The summed E-state index contributed by atoms with van der Waals surface area (Å²) in [6, 6.07) is 5.55. The molecule has 0 saturated heterocycles. The summed E-state index contributed by atoms with van der Waals surface area (Å²) in [6.07, 6.45) is 2.12. The fraction of sp³-hybridized carbons (Fsp3) is 0.375. The first-order valence-corrected chi connectivity index (χ1v) is 6.66. The average molecular weight is 233 g/mol. The van der Waals surface area contributed by atoms with Gasteiger partial charge in [-0.05, 0) is 18.6 Å². The number of thioether (sulfide) groups is 1. The van der Waals surface area contributed by atoms with E-state index in [-0.39, 0.29) is 5.75 Å². The predicted octanol–water partition coefficient (Wildman–Crippen LogP) is 1.45. The molecule has 1 aromatic heterocycles. The van der Waals surface area contributed by atoms with Crippen LogP contribution in [-0.2, 0) is 10.1 Å². The van der Waals surface area contributed by atoms with Crippen LogP contribution < -0.4 is 0 Å². The van der Waals surface area contributed by atoms with E-state index in [1.807, 2.05) is 18.2 Å². The summed E-state index contributed by atoms with van der Waals surface area (Å²) < 4.78 is 29.2. The molecule has 6 heteroatoms. The maximum absolute atomic E-state index is 10.4. The summed E-state index contributed by atoms with van der Waals surface area (Å²) in [5.74, 6) is 0.448. The van der Waals surface area contributed by atoms with Crippen LogP contribution in [0.2, 0.25) is 0 Å². The van der Waals surface area contributed by atoms with Crippen molar-refractivity contribution < 1.29 is 13.0 Å². The number of nitrogens with zero attached hydrogens (tertiary/aromatic N) is 1. The Morgan fingerprint density at radius 2 is 2.21 bits per heavy atom. The predicted molar refractivity (Wildman–Crippen MR) is 56.0 cm³/mol. The molecule has 1 rings (SSSR count). The van der Waals surface area contributed by atoms with Gasteiger partial charge in [0.2, 0.25) is 0 Å². The van der Waals surface area contributed by atoms with E-state index < -0.39 is 10.1 Å². The molecule has 4 nitrogen and oxygen atoms in total. The Kier molecular flexibility index (Phi) is 4.37. The van der Waals surface area contributed by atoms with Crippen LogP contribution in [0.25, 0.3) is 0 Å². The Morgan fingerprint density at radius 1 is 1.43 bits per heavy atom. The maximum Gasteiger partial charge on any atom is 0.264 e. The number of rotatable bonds is 5. The van der Waals surface area contributed by atoms with Crippen LogP contribution in [0.1, 0.15) is 6.42 Å². The normalized spacial score (nSPS) is 11.5. The van der Waals surface area contributed by atoms with Gasteiger partial charge in [0, 0.05) is 11.9 Å². The molecule has 0 fully saturated rings. The van der Waals surface area contributed by atoms with Crippen LogP contribution in [0, 0.1) is 0 Å². The van der Waals surface area contributed by atoms with Gasteiger partial charge in [-0.3, -0.25) is 4.55 Å². The highest BCUT2D eigenvalue weighted by molar-refractivity contribution is 7.99. The zero-order valence-corrected chi connectivity index (χ0v) is 9.09. The van der Waals surface area contributed by atoms with Crippen molar-refractivity contribution in [2.75, 3.05) is 11.5 Å². The van der Waals surface area contributed by atoms with Crippen molar-refractivity contribution in [2.45, 2.75) is 11.4 Å². The van der Waals surface area contributed by atoms with Gasteiger partial charge in [-0.1, -0.05) is 6.07 Å². The minimum atomic E-state index is -3.81. The van der Waals surface area contributed by atoms with Gasteiger partial charge in [0.05, 0.1) is 10.8 Å². The molecule has 78 valence electrons. The lowest BCUT2D eigenvalue weighted by atomic mass is 10.5. The second-order valence-corrected chi connectivity index (χ2v) is 5.34. The third-order valence-electron chi connectivity index (χ3n) is 1.43. The van der Waals surface area contributed by atoms with Crippen molar-refractivity contribution in [1.82, 2.24) is 4.98 Å². The minimum Gasteiger partial charge on any atom is -0.286 e. The molecule has 0 bridgehead atoms. The molecule has 1 N–H and O–H groups in total. The second-order valence-electron chi connectivity index (χ2n) is 2.66. The summed E-state index contributed by atoms with van der Waals surface area (Å²) in [7, 11) is -3.81. The highest BCUT2D eigenvalue weighted by Crippen LogP contribution is 2.14. The van der Waals surface area contributed by atoms with Crippen molar-refractivity contribution in [2.24, 2.45) is 0 Å². The van der Waals surface area contributed by atoms with E-state index in [9.17, 15) is 8.42 Å². The zero-order chi connectivity index (χ0) is 10.4. The Hall–Kier alpha value is -0.590. The molecule has 1 aromatic rings. The summed E-state index contributed by atoms with van der Waals surface area (Å²) in [4.78, 5) is 4.06. The molecule has 0 spiro atoms. The van der Waals surface area contributed by atoms with Gasteiger partial charge >= 0.3 is 0 Å².